The van der Waals surface area contributed by atoms with E-state index in [2.05, 4.69) is 5.10 Å². The molecule has 1 aliphatic rings. The topological polar surface area (TPSA) is 70.1 Å². The van der Waals surface area contributed by atoms with Crippen molar-refractivity contribution in [3.8, 4) is 0 Å². The summed E-state index contributed by atoms with van der Waals surface area (Å²) in [6.07, 6.45) is 6.81. The minimum absolute atomic E-state index is 0.241. The summed E-state index contributed by atoms with van der Waals surface area (Å²) in [5, 5.41) is 4.21. The highest BCUT2D eigenvalue weighted by Gasteiger charge is 2.19. The standard InChI is InChI=1S/C12H19N3O2/c1-2-17-12(16)11-10(13)8-15(14-11)7-9-5-3-4-6-9/h8-9H,2-7,13H2,1H3. The van der Waals surface area contributed by atoms with E-state index in [1.165, 1.54) is 25.7 Å². The molecule has 0 saturated heterocycles. The Labute approximate surface area is 101 Å². The van der Waals surface area contributed by atoms with E-state index in [9.17, 15) is 4.79 Å². The van der Waals surface area contributed by atoms with Crippen molar-refractivity contribution in [3.63, 3.8) is 0 Å². The summed E-state index contributed by atoms with van der Waals surface area (Å²) in [7, 11) is 0. The second-order valence-electron chi connectivity index (χ2n) is 4.53. The summed E-state index contributed by atoms with van der Waals surface area (Å²) >= 11 is 0. The molecule has 2 rings (SSSR count). The van der Waals surface area contributed by atoms with Crippen LogP contribution in [0.4, 0.5) is 5.69 Å². The minimum Gasteiger partial charge on any atom is -0.461 e. The van der Waals surface area contributed by atoms with Gasteiger partial charge in [-0.1, -0.05) is 12.8 Å². The number of nitrogens with two attached hydrogens (primary N) is 1. The van der Waals surface area contributed by atoms with Gasteiger partial charge >= 0.3 is 5.97 Å². The molecule has 0 aliphatic heterocycles. The van der Waals surface area contributed by atoms with Gasteiger partial charge in [0.15, 0.2) is 5.69 Å². The van der Waals surface area contributed by atoms with Gasteiger partial charge in [0, 0.05) is 12.7 Å². The molecule has 17 heavy (non-hydrogen) atoms. The molecular weight excluding hydrogens is 218 g/mol. The third kappa shape index (κ3) is 2.78. The van der Waals surface area contributed by atoms with E-state index >= 15 is 0 Å². The van der Waals surface area contributed by atoms with Crippen molar-refractivity contribution in [2.24, 2.45) is 5.92 Å². The van der Waals surface area contributed by atoms with Gasteiger partial charge in [-0.3, -0.25) is 4.68 Å². The third-order valence-electron chi connectivity index (χ3n) is 3.18. The SMILES string of the molecule is CCOC(=O)c1nn(CC2CCCC2)cc1N. The second kappa shape index (κ2) is 5.21. The average molecular weight is 237 g/mol. The Bertz CT molecular complexity index is 394. The maximum absolute atomic E-state index is 11.5. The van der Waals surface area contributed by atoms with Crippen LogP contribution in [0.25, 0.3) is 0 Å². The molecule has 0 unspecified atom stereocenters. The first-order chi connectivity index (χ1) is 8.20. The van der Waals surface area contributed by atoms with Gasteiger partial charge in [-0.15, -0.1) is 0 Å². The van der Waals surface area contributed by atoms with Crippen molar-refractivity contribution in [1.29, 1.82) is 0 Å². The van der Waals surface area contributed by atoms with Crippen LogP contribution in [-0.2, 0) is 11.3 Å². The van der Waals surface area contributed by atoms with Crippen molar-refractivity contribution in [1.82, 2.24) is 9.78 Å². The summed E-state index contributed by atoms with van der Waals surface area (Å²) < 4.78 is 6.67. The van der Waals surface area contributed by atoms with Gasteiger partial charge in [0.05, 0.1) is 12.3 Å². The molecule has 0 atom stereocenters. The fraction of sp³-hybridized carbons (Fsp3) is 0.667. The molecule has 0 amide bonds. The Morgan fingerprint density at radius 1 is 1.59 bits per heavy atom. The number of carbonyl (C=O) groups is 1. The van der Waals surface area contributed by atoms with Gasteiger partial charge in [0.2, 0.25) is 0 Å². The van der Waals surface area contributed by atoms with Crippen LogP contribution < -0.4 is 5.73 Å². The molecule has 1 fully saturated rings. The maximum atomic E-state index is 11.5. The van der Waals surface area contributed by atoms with Crippen LogP contribution in [0.15, 0.2) is 6.20 Å². The second-order valence-corrected chi connectivity index (χ2v) is 4.53. The van der Waals surface area contributed by atoms with Crippen molar-refractivity contribution in [2.75, 3.05) is 12.3 Å². The molecule has 0 aromatic carbocycles. The molecule has 1 aliphatic carbocycles. The predicted octanol–water partition coefficient (Wildman–Crippen LogP) is 1.83. The number of hydrogen-bond acceptors (Lipinski definition) is 4. The van der Waals surface area contributed by atoms with E-state index in [0.29, 0.717) is 18.2 Å². The summed E-state index contributed by atoms with van der Waals surface area (Å²) in [6, 6.07) is 0. The lowest BCUT2D eigenvalue weighted by Gasteiger charge is -2.07. The van der Waals surface area contributed by atoms with Gasteiger partial charge in [-0.25, -0.2) is 4.79 Å². The monoisotopic (exact) mass is 237 g/mol. The quantitative estimate of drug-likeness (QED) is 0.811. The molecule has 2 N–H and O–H groups in total. The lowest BCUT2D eigenvalue weighted by molar-refractivity contribution is 0.0519. The number of esters is 1. The van der Waals surface area contributed by atoms with E-state index in [1.54, 1.807) is 17.8 Å². The van der Waals surface area contributed by atoms with Crippen LogP contribution in [0.1, 0.15) is 43.1 Å². The molecule has 5 heteroatoms. The zero-order chi connectivity index (χ0) is 12.3. The van der Waals surface area contributed by atoms with Crippen LogP contribution >= 0.6 is 0 Å². The molecule has 1 aromatic rings. The minimum atomic E-state index is -0.435. The predicted molar refractivity (Wildman–Crippen MR) is 64.6 cm³/mol. The zero-order valence-corrected chi connectivity index (χ0v) is 10.2. The summed E-state index contributed by atoms with van der Waals surface area (Å²) in [5.74, 6) is 0.236. The van der Waals surface area contributed by atoms with E-state index < -0.39 is 5.97 Å². The van der Waals surface area contributed by atoms with E-state index in [4.69, 9.17) is 10.5 Å². The summed E-state index contributed by atoms with van der Waals surface area (Å²) in [4.78, 5) is 11.5. The van der Waals surface area contributed by atoms with Crippen LogP contribution in [0.5, 0.6) is 0 Å². The third-order valence-corrected chi connectivity index (χ3v) is 3.18. The van der Waals surface area contributed by atoms with Gasteiger partial charge < -0.3 is 10.5 Å². The van der Waals surface area contributed by atoms with E-state index in [1.807, 2.05) is 0 Å². The average Bonchev–Trinajstić information content (AvgIpc) is 2.89. The fourth-order valence-corrected chi connectivity index (χ4v) is 2.35. The first-order valence-electron chi connectivity index (χ1n) is 6.20. The molecule has 1 aromatic heterocycles. The maximum Gasteiger partial charge on any atom is 0.361 e. The Balaban J connectivity index is 2.04. The normalized spacial score (nSPS) is 16.3. The number of aromatic nitrogens is 2. The first kappa shape index (κ1) is 12.0. The molecule has 1 heterocycles. The number of hydrogen-bond donors (Lipinski definition) is 1. The van der Waals surface area contributed by atoms with Gasteiger partial charge in [-0.05, 0) is 25.7 Å². The first-order valence-corrected chi connectivity index (χ1v) is 6.20. The lowest BCUT2D eigenvalue weighted by atomic mass is 10.1. The molecule has 94 valence electrons. The van der Waals surface area contributed by atoms with Crippen LogP contribution in [-0.4, -0.2) is 22.4 Å². The Morgan fingerprint density at radius 2 is 2.29 bits per heavy atom. The molecule has 0 radical (unpaired) electrons. The highest BCUT2D eigenvalue weighted by molar-refractivity contribution is 5.92. The van der Waals surface area contributed by atoms with Crippen LogP contribution in [0.2, 0.25) is 0 Å². The van der Waals surface area contributed by atoms with Crippen molar-refractivity contribution < 1.29 is 9.53 Å². The molecule has 1 saturated carbocycles. The Hall–Kier alpha value is -1.52. The van der Waals surface area contributed by atoms with Crippen molar-refractivity contribution in [3.05, 3.63) is 11.9 Å². The largest absolute Gasteiger partial charge is 0.461 e. The number of rotatable bonds is 4. The molecule has 0 bridgehead atoms. The van der Waals surface area contributed by atoms with Crippen molar-refractivity contribution >= 4 is 11.7 Å². The molecule has 0 spiro atoms. The number of nitrogen functional groups attached to an aromatic ring is 1. The fourth-order valence-electron chi connectivity index (χ4n) is 2.35. The number of carbonyl (C=O) groups excluding carboxylic acids is 1. The lowest BCUT2D eigenvalue weighted by Crippen LogP contribution is -2.11. The highest BCUT2D eigenvalue weighted by atomic mass is 16.5. The van der Waals surface area contributed by atoms with Gasteiger partial charge in [-0.2, -0.15) is 5.10 Å². The van der Waals surface area contributed by atoms with Crippen LogP contribution in [0, 0.1) is 5.92 Å². The summed E-state index contributed by atoms with van der Waals surface area (Å²) in [5.41, 5.74) is 6.41. The summed E-state index contributed by atoms with van der Waals surface area (Å²) in [6.45, 7) is 2.96. The smallest absolute Gasteiger partial charge is 0.361 e. The zero-order valence-electron chi connectivity index (χ0n) is 10.2. The van der Waals surface area contributed by atoms with Crippen LogP contribution in [0.3, 0.4) is 0 Å². The van der Waals surface area contributed by atoms with Gasteiger partial charge in [0.25, 0.3) is 0 Å². The van der Waals surface area contributed by atoms with E-state index in [0.717, 1.165) is 6.54 Å². The molecular formula is C12H19N3O2. The molecule has 5 nitrogen and oxygen atoms in total. The number of ether oxygens (including phenoxy) is 1. The Morgan fingerprint density at radius 3 is 2.94 bits per heavy atom. The number of anilines is 1. The van der Waals surface area contributed by atoms with Gasteiger partial charge in [0.1, 0.15) is 0 Å². The highest BCUT2D eigenvalue weighted by Crippen LogP contribution is 2.26. The van der Waals surface area contributed by atoms with E-state index in [-0.39, 0.29) is 5.69 Å². The Kier molecular flexibility index (Phi) is 3.66. The van der Waals surface area contributed by atoms with Crippen molar-refractivity contribution in [2.45, 2.75) is 39.2 Å². The number of nitrogens with zero attached hydrogens (tertiary/aromatic N) is 2.